The molecule has 1 amide bonds. The Morgan fingerprint density at radius 3 is 2.48 bits per heavy atom. The van der Waals surface area contributed by atoms with Crippen LogP contribution in [0.3, 0.4) is 0 Å². The lowest BCUT2D eigenvalue weighted by Gasteiger charge is -2.18. The predicted molar refractivity (Wildman–Crippen MR) is 86.0 cm³/mol. The molecule has 0 aliphatic carbocycles. The van der Waals surface area contributed by atoms with Crippen molar-refractivity contribution in [3.8, 4) is 0 Å². The quantitative estimate of drug-likeness (QED) is 0.750. The lowest BCUT2D eigenvalue weighted by atomic mass is 10.0. The van der Waals surface area contributed by atoms with E-state index in [2.05, 4.69) is 5.32 Å². The predicted octanol–water partition coefficient (Wildman–Crippen LogP) is 2.62. The van der Waals surface area contributed by atoms with Gasteiger partial charge in [-0.3, -0.25) is 4.79 Å². The summed E-state index contributed by atoms with van der Waals surface area (Å²) in [5.41, 5.74) is 1.18. The normalized spacial score (nSPS) is 12.0. The van der Waals surface area contributed by atoms with Gasteiger partial charge < -0.3 is 10.1 Å². The van der Waals surface area contributed by atoms with Gasteiger partial charge in [-0.2, -0.15) is 0 Å². The fourth-order valence-electron chi connectivity index (χ4n) is 1.90. The van der Waals surface area contributed by atoms with E-state index >= 15 is 0 Å². The number of thioether (sulfide) groups is 1. The lowest BCUT2D eigenvalue weighted by Crippen LogP contribution is -2.43. The average Bonchev–Trinajstić information content (AvgIpc) is 2.46. The number of rotatable bonds is 8. The van der Waals surface area contributed by atoms with Crippen LogP contribution >= 0.6 is 11.8 Å². The lowest BCUT2D eigenvalue weighted by molar-refractivity contribution is -0.145. The first-order chi connectivity index (χ1) is 10.0. The minimum atomic E-state index is -0.556. The van der Waals surface area contributed by atoms with Crippen molar-refractivity contribution in [3.05, 3.63) is 35.9 Å². The van der Waals surface area contributed by atoms with Gasteiger partial charge in [0.2, 0.25) is 5.91 Å². The molecule has 21 heavy (non-hydrogen) atoms. The van der Waals surface area contributed by atoms with Crippen molar-refractivity contribution >= 4 is 23.6 Å². The van der Waals surface area contributed by atoms with Gasteiger partial charge in [0.25, 0.3) is 0 Å². The highest BCUT2D eigenvalue weighted by molar-refractivity contribution is 7.99. The van der Waals surface area contributed by atoms with Crippen molar-refractivity contribution in [2.24, 2.45) is 5.92 Å². The molecule has 0 bridgehead atoms. The van der Waals surface area contributed by atoms with E-state index in [1.165, 1.54) is 24.4 Å². The highest BCUT2D eigenvalue weighted by Crippen LogP contribution is 2.12. The van der Waals surface area contributed by atoms with Crippen LogP contribution in [0.5, 0.6) is 0 Å². The zero-order chi connectivity index (χ0) is 15.7. The zero-order valence-electron chi connectivity index (χ0n) is 12.8. The summed E-state index contributed by atoms with van der Waals surface area (Å²) in [4.78, 5) is 23.5. The maximum atomic E-state index is 11.9. The van der Waals surface area contributed by atoms with Gasteiger partial charge in [-0.1, -0.05) is 44.2 Å². The standard InChI is InChI=1S/C16H23NO3S/c1-12(2)9-14(16(19)20-3)17-15(18)11-21-10-13-7-5-4-6-8-13/h4-8,12,14H,9-11H2,1-3H3,(H,17,18). The van der Waals surface area contributed by atoms with Gasteiger partial charge in [-0.05, 0) is 17.9 Å². The Kier molecular flexibility index (Phi) is 7.90. The third-order valence-corrected chi connectivity index (χ3v) is 3.88. The van der Waals surface area contributed by atoms with Gasteiger partial charge in [-0.25, -0.2) is 4.79 Å². The zero-order valence-corrected chi connectivity index (χ0v) is 13.6. The van der Waals surface area contributed by atoms with Gasteiger partial charge in [0.05, 0.1) is 12.9 Å². The van der Waals surface area contributed by atoms with Crippen LogP contribution in [0, 0.1) is 5.92 Å². The Balaban J connectivity index is 2.37. The van der Waals surface area contributed by atoms with Crippen molar-refractivity contribution in [2.45, 2.75) is 32.1 Å². The summed E-state index contributed by atoms with van der Waals surface area (Å²) in [5.74, 6) is 0.908. The Bertz CT molecular complexity index is 448. The van der Waals surface area contributed by atoms with Crippen LogP contribution < -0.4 is 5.32 Å². The molecule has 0 aliphatic rings. The largest absolute Gasteiger partial charge is 0.467 e. The van der Waals surface area contributed by atoms with E-state index < -0.39 is 6.04 Å². The third-order valence-electron chi connectivity index (χ3n) is 2.87. The van der Waals surface area contributed by atoms with Crippen LogP contribution in [-0.2, 0) is 20.1 Å². The molecule has 0 spiro atoms. The Labute approximate surface area is 130 Å². The molecule has 0 fully saturated rings. The van der Waals surface area contributed by atoms with Crippen LogP contribution in [0.4, 0.5) is 0 Å². The van der Waals surface area contributed by atoms with Gasteiger partial charge >= 0.3 is 5.97 Å². The number of hydrogen-bond acceptors (Lipinski definition) is 4. The molecular formula is C16H23NO3S. The van der Waals surface area contributed by atoms with Crippen molar-refractivity contribution < 1.29 is 14.3 Å². The number of methoxy groups -OCH3 is 1. The first-order valence-electron chi connectivity index (χ1n) is 7.01. The summed E-state index contributed by atoms with van der Waals surface area (Å²) >= 11 is 1.53. The summed E-state index contributed by atoms with van der Waals surface area (Å²) in [5, 5.41) is 2.75. The first kappa shape index (κ1) is 17.6. The molecule has 0 saturated carbocycles. The van der Waals surface area contributed by atoms with Gasteiger partial charge in [0, 0.05) is 5.75 Å². The molecule has 0 aromatic heterocycles. The molecule has 116 valence electrons. The minimum Gasteiger partial charge on any atom is -0.467 e. The van der Waals surface area contributed by atoms with E-state index in [1.807, 2.05) is 44.2 Å². The SMILES string of the molecule is COC(=O)C(CC(C)C)NC(=O)CSCc1ccccc1. The number of carbonyl (C=O) groups is 2. The molecule has 0 saturated heterocycles. The highest BCUT2D eigenvalue weighted by atomic mass is 32.2. The van der Waals surface area contributed by atoms with Crippen LogP contribution in [0.25, 0.3) is 0 Å². The molecule has 1 atom stereocenters. The molecule has 4 nitrogen and oxygen atoms in total. The Morgan fingerprint density at radius 2 is 1.90 bits per heavy atom. The van der Waals surface area contributed by atoms with E-state index in [1.54, 1.807) is 0 Å². The third kappa shape index (κ3) is 7.18. The van der Waals surface area contributed by atoms with Crippen LogP contribution in [-0.4, -0.2) is 30.8 Å². The summed E-state index contributed by atoms with van der Waals surface area (Å²) < 4.78 is 4.73. The molecule has 1 aromatic rings. The summed E-state index contributed by atoms with van der Waals surface area (Å²) in [6.45, 7) is 4.01. The van der Waals surface area contributed by atoms with E-state index in [0.717, 1.165) is 5.75 Å². The number of esters is 1. The second kappa shape index (κ2) is 9.45. The molecule has 1 N–H and O–H groups in total. The van der Waals surface area contributed by atoms with Gasteiger partial charge in [0.1, 0.15) is 6.04 Å². The molecule has 0 aliphatic heterocycles. The van der Waals surface area contributed by atoms with Crippen molar-refractivity contribution in [2.75, 3.05) is 12.9 Å². The minimum absolute atomic E-state index is 0.132. The van der Waals surface area contributed by atoms with Crippen molar-refractivity contribution in [3.63, 3.8) is 0 Å². The van der Waals surface area contributed by atoms with E-state index in [9.17, 15) is 9.59 Å². The summed E-state index contributed by atoms with van der Waals surface area (Å²) in [6, 6.07) is 9.42. The number of carbonyl (C=O) groups excluding carboxylic acids is 2. The molecule has 0 heterocycles. The topological polar surface area (TPSA) is 55.4 Å². The summed E-state index contributed by atoms with van der Waals surface area (Å²) in [7, 11) is 1.34. The van der Waals surface area contributed by atoms with Crippen molar-refractivity contribution in [1.29, 1.82) is 0 Å². The van der Waals surface area contributed by atoms with Gasteiger partial charge in [0.15, 0.2) is 0 Å². The van der Waals surface area contributed by atoms with Gasteiger partial charge in [-0.15, -0.1) is 11.8 Å². The molecule has 0 radical (unpaired) electrons. The van der Waals surface area contributed by atoms with E-state index in [-0.39, 0.29) is 11.9 Å². The molecular weight excluding hydrogens is 286 g/mol. The number of benzene rings is 1. The van der Waals surface area contributed by atoms with Crippen molar-refractivity contribution in [1.82, 2.24) is 5.32 Å². The summed E-state index contributed by atoms with van der Waals surface area (Å²) in [6.07, 6.45) is 0.585. The number of hydrogen-bond donors (Lipinski definition) is 1. The second-order valence-corrected chi connectivity index (χ2v) is 6.24. The van der Waals surface area contributed by atoms with E-state index in [4.69, 9.17) is 4.74 Å². The molecule has 1 rings (SSSR count). The van der Waals surface area contributed by atoms with Crippen LogP contribution in [0.15, 0.2) is 30.3 Å². The Morgan fingerprint density at radius 1 is 1.24 bits per heavy atom. The number of ether oxygens (including phenoxy) is 1. The highest BCUT2D eigenvalue weighted by Gasteiger charge is 2.22. The fraction of sp³-hybridized carbons (Fsp3) is 0.500. The molecule has 5 heteroatoms. The fourth-order valence-corrected chi connectivity index (χ4v) is 2.70. The van der Waals surface area contributed by atoms with E-state index in [0.29, 0.717) is 18.1 Å². The van der Waals surface area contributed by atoms with Crippen LogP contribution in [0.2, 0.25) is 0 Å². The number of amides is 1. The molecule has 1 aromatic carbocycles. The smallest absolute Gasteiger partial charge is 0.328 e. The Hall–Kier alpha value is -1.49. The average molecular weight is 309 g/mol. The maximum Gasteiger partial charge on any atom is 0.328 e. The second-order valence-electron chi connectivity index (χ2n) is 5.25. The maximum absolute atomic E-state index is 11.9. The molecule has 1 unspecified atom stereocenters. The van der Waals surface area contributed by atoms with Crippen LogP contribution in [0.1, 0.15) is 25.8 Å². The first-order valence-corrected chi connectivity index (χ1v) is 8.17. The number of nitrogens with one attached hydrogen (secondary N) is 1. The monoisotopic (exact) mass is 309 g/mol.